The van der Waals surface area contributed by atoms with Gasteiger partial charge < -0.3 is 4.74 Å². The molecule has 0 atom stereocenters. The largest absolute Gasteiger partial charge is 0.372 e. The average Bonchev–Trinajstić information content (AvgIpc) is 2.83. The summed E-state index contributed by atoms with van der Waals surface area (Å²) in [6.07, 6.45) is 2.63. The molecule has 1 aromatic heterocycles. The zero-order chi connectivity index (χ0) is 9.47. The highest BCUT2D eigenvalue weighted by Crippen LogP contribution is 2.41. The third kappa shape index (κ3) is 1.76. The second-order valence-electron chi connectivity index (χ2n) is 4.07. The maximum Gasteiger partial charge on any atom is 0.124 e. The molecule has 2 rings (SSSR count). The number of nitrogens with zero attached hydrogens (tertiary/aromatic N) is 1. The maximum atomic E-state index is 5.39. The minimum Gasteiger partial charge on any atom is -0.372 e. The molecule has 0 aliphatic heterocycles. The van der Waals surface area contributed by atoms with Gasteiger partial charge in [0.05, 0.1) is 5.69 Å². The maximum absolute atomic E-state index is 5.39. The molecule has 0 unspecified atom stereocenters. The molecular weight excluding hydrogens is 182 g/mol. The first-order valence-corrected chi connectivity index (χ1v) is 5.52. The number of methoxy groups -OCH3 is 1. The lowest BCUT2D eigenvalue weighted by molar-refractivity contribution is 0.0189. The van der Waals surface area contributed by atoms with Crippen LogP contribution < -0.4 is 0 Å². The van der Waals surface area contributed by atoms with Crippen LogP contribution in [0.25, 0.3) is 0 Å². The zero-order valence-electron chi connectivity index (χ0n) is 8.33. The number of thiazole rings is 1. The predicted molar refractivity (Wildman–Crippen MR) is 54.1 cm³/mol. The lowest BCUT2D eigenvalue weighted by Gasteiger charge is -2.19. The molecule has 3 heteroatoms. The van der Waals surface area contributed by atoms with Gasteiger partial charge in [0.25, 0.3) is 0 Å². The van der Waals surface area contributed by atoms with Gasteiger partial charge in [-0.05, 0) is 26.7 Å². The molecule has 1 aliphatic rings. The van der Waals surface area contributed by atoms with Crippen LogP contribution in [-0.2, 0) is 10.3 Å². The number of hydrogen-bond donors (Lipinski definition) is 0. The van der Waals surface area contributed by atoms with Gasteiger partial charge in [-0.25, -0.2) is 4.98 Å². The summed E-state index contributed by atoms with van der Waals surface area (Å²) in [5.41, 5.74) is 1.04. The average molecular weight is 197 g/mol. The summed E-state index contributed by atoms with van der Waals surface area (Å²) in [5.74, 6) is 0.748. The Labute approximate surface area is 83.0 Å². The third-order valence-electron chi connectivity index (χ3n) is 2.54. The molecule has 13 heavy (non-hydrogen) atoms. The second kappa shape index (κ2) is 3.07. The molecule has 2 nitrogen and oxygen atoms in total. The van der Waals surface area contributed by atoms with Gasteiger partial charge >= 0.3 is 0 Å². The molecule has 72 valence electrons. The normalized spacial score (nSPS) is 17.8. The quantitative estimate of drug-likeness (QED) is 0.743. The fourth-order valence-electron chi connectivity index (χ4n) is 1.22. The topological polar surface area (TPSA) is 22.1 Å². The standard InChI is InChI=1S/C10H15NOS/c1-10(2,12-3)9-11-8(6-13-9)7-4-5-7/h6-7H,4-5H2,1-3H3. The van der Waals surface area contributed by atoms with Gasteiger partial charge in [0.1, 0.15) is 10.6 Å². The van der Waals surface area contributed by atoms with E-state index in [9.17, 15) is 0 Å². The lowest BCUT2D eigenvalue weighted by atomic mass is 10.1. The molecule has 0 spiro atoms. The van der Waals surface area contributed by atoms with Gasteiger partial charge in [0.2, 0.25) is 0 Å². The van der Waals surface area contributed by atoms with Crippen molar-refractivity contribution in [3.05, 3.63) is 16.1 Å². The van der Waals surface area contributed by atoms with E-state index in [1.165, 1.54) is 18.5 Å². The van der Waals surface area contributed by atoms with Crippen molar-refractivity contribution in [2.45, 2.75) is 38.2 Å². The minimum atomic E-state index is -0.224. The summed E-state index contributed by atoms with van der Waals surface area (Å²) in [7, 11) is 1.73. The van der Waals surface area contributed by atoms with Crippen LogP contribution >= 0.6 is 11.3 Å². The Morgan fingerprint density at radius 3 is 2.77 bits per heavy atom. The highest BCUT2D eigenvalue weighted by Gasteiger charge is 2.29. The first-order valence-electron chi connectivity index (χ1n) is 4.64. The Kier molecular flexibility index (Phi) is 2.16. The van der Waals surface area contributed by atoms with Gasteiger partial charge in [-0.3, -0.25) is 0 Å². The van der Waals surface area contributed by atoms with Crippen molar-refractivity contribution in [3.8, 4) is 0 Å². The van der Waals surface area contributed by atoms with Gasteiger partial charge in [0.15, 0.2) is 0 Å². The molecule has 0 bridgehead atoms. The molecule has 0 amide bonds. The van der Waals surface area contributed by atoms with Crippen LogP contribution in [0.1, 0.15) is 43.3 Å². The van der Waals surface area contributed by atoms with Crippen LogP contribution in [0, 0.1) is 0 Å². The van der Waals surface area contributed by atoms with Crippen molar-refractivity contribution in [2.75, 3.05) is 7.11 Å². The Morgan fingerprint density at radius 1 is 1.54 bits per heavy atom. The summed E-state index contributed by atoms with van der Waals surface area (Å²) in [4.78, 5) is 4.61. The highest BCUT2D eigenvalue weighted by molar-refractivity contribution is 7.09. The molecule has 1 heterocycles. The summed E-state index contributed by atoms with van der Waals surface area (Å²) < 4.78 is 5.39. The fraction of sp³-hybridized carbons (Fsp3) is 0.700. The number of rotatable bonds is 3. The van der Waals surface area contributed by atoms with E-state index >= 15 is 0 Å². The van der Waals surface area contributed by atoms with Crippen molar-refractivity contribution < 1.29 is 4.74 Å². The van der Waals surface area contributed by atoms with Gasteiger partial charge in [-0.1, -0.05) is 0 Å². The van der Waals surface area contributed by atoms with Crippen LogP contribution in [0.4, 0.5) is 0 Å². The number of aromatic nitrogens is 1. The van der Waals surface area contributed by atoms with Crippen LogP contribution in [-0.4, -0.2) is 12.1 Å². The van der Waals surface area contributed by atoms with Crippen LogP contribution in [0.2, 0.25) is 0 Å². The lowest BCUT2D eigenvalue weighted by Crippen LogP contribution is -2.19. The molecule has 1 saturated carbocycles. The Hall–Kier alpha value is -0.410. The summed E-state index contributed by atoms with van der Waals surface area (Å²) in [6.45, 7) is 4.12. The summed E-state index contributed by atoms with van der Waals surface area (Å²) >= 11 is 1.71. The van der Waals surface area contributed by atoms with E-state index in [0.29, 0.717) is 0 Å². The molecular formula is C10H15NOS. The summed E-state index contributed by atoms with van der Waals surface area (Å²) in [6, 6.07) is 0. The van der Waals surface area contributed by atoms with Crippen molar-refractivity contribution in [2.24, 2.45) is 0 Å². The van der Waals surface area contributed by atoms with Gasteiger partial charge in [-0.2, -0.15) is 0 Å². The van der Waals surface area contributed by atoms with Crippen LogP contribution in [0.15, 0.2) is 5.38 Å². The molecule has 0 radical (unpaired) electrons. The smallest absolute Gasteiger partial charge is 0.124 e. The summed E-state index contributed by atoms with van der Waals surface area (Å²) in [5, 5.41) is 3.27. The molecule has 0 aromatic carbocycles. The Morgan fingerprint density at radius 2 is 2.23 bits per heavy atom. The van der Waals surface area contributed by atoms with Gasteiger partial charge in [0, 0.05) is 18.4 Å². The van der Waals surface area contributed by atoms with Crippen molar-refractivity contribution in [3.63, 3.8) is 0 Å². The first-order chi connectivity index (χ1) is 6.13. The molecule has 0 N–H and O–H groups in total. The zero-order valence-corrected chi connectivity index (χ0v) is 9.15. The number of ether oxygens (including phenoxy) is 1. The molecule has 1 aliphatic carbocycles. The van der Waals surface area contributed by atoms with E-state index < -0.39 is 0 Å². The highest BCUT2D eigenvalue weighted by atomic mass is 32.1. The SMILES string of the molecule is COC(C)(C)c1nc(C2CC2)cs1. The van der Waals surface area contributed by atoms with Crippen molar-refractivity contribution in [1.82, 2.24) is 4.98 Å². The first kappa shape index (κ1) is 9.16. The minimum absolute atomic E-state index is 0.224. The van der Waals surface area contributed by atoms with Crippen LogP contribution in [0.3, 0.4) is 0 Å². The predicted octanol–water partition coefficient (Wildman–Crippen LogP) is 2.90. The van der Waals surface area contributed by atoms with Crippen molar-refractivity contribution >= 4 is 11.3 Å². The van der Waals surface area contributed by atoms with E-state index in [4.69, 9.17) is 4.74 Å². The fourth-order valence-corrected chi connectivity index (χ4v) is 2.22. The van der Waals surface area contributed by atoms with E-state index in [2.05, 4.69) is 24.2 Å². The van der Waals surface area contributed by atoms with Crippen molar-refractivity contribution in [1.29, 1.82) is 0 Å². The second-order valence-corrected chi connectivity index (χ2v) is 4.92. The Balaban J connectivity index is 2.20. The molecule has 1 fully saturated rings. The van der Waals surface area contributed by atoms with E-state index in [1.54, 1.807) is 18.4 Å². The van der Waals surface area contributed by atoms with Crippen LogP contribution in [0.5, 0.6) is 0 Å². The van der Waals surface area contributed by atoms with Gasteiger partial charge in [-0.15, -0.1) is 11.3 Å². The molecule has 1 aromatic rings. The monoisotopic (exact) mass is 197 g/mol. The number of hydrogen-bond acceptors (Lipinski definition) is 3. The van der Waals surface area contributed by atoms with E-state index in [1.807, 2.05) is 0 Å². The Bertz CT molecular complexity index is 302. The molecule has 0 saturated heterocycles. The van der Waals surface area contributed by atoms with E-state index in [0.717, 1.165) is 10.9 Å². The van der Waals surface area contributed by atoms with E-state index in [-0.39, 0.29) is 5.60 Å². The third-order valence-corrected chi connectivity index (χ3v) is 3.71.